The van der Waals surface area contributed by atoms with E-state index in [1.54, 1.807) is 12.0 Å². The minimum atomic E-state index is -0.573. The first-order chi connectivity index (χ1) is 19.0. The van der Waals surface area contributed by atoms with E-state index in [9.17, 15) is 9.59 Å². The van der Waals surface area contributed by atoms with E-state index in [1.165, 1.54) is 6.92 Å². The Morgan fingerprint density at radius 1 is 1.18 bits per heavy atom. The van der Waals surface area contributed by atoms with E-state index in [2.05, 4.69) is 40.1 Å². The number of amides is 2. The number of piperidine rings is 1. The summed E-state index contributed by atoms with van der Waals surface area (Å²) in [5.74, 6) is 0.311. The summed E-state index contributed by atoms with van der Waals surface area (Å²) in [5.41, 5.74) is 3.56. The minimum absolute atomic E-state index is 0.168. The van der Waals surface area contributed by atoms with Crippen LogP contribution in [0.3, 0.4) is 0 Å². The first-order valence-corrected chi connectivity index (χ1v) is 13.9. The molecule has 0 radical (unpaired) electrons. The van der Waals surface area contributed by atoms with Crippen LogP contribution in [0.1, 0.15) is 64.3 Å². The quantitative estimate of drug-likeness (QED) is 0.466. The monoisotopic (exact) mass is 549 g/mol. The summed E-state index contributed by atoms with van der Waals surface area (Å²) in [4.78, 5) is 35.8. The number of ether oxygens (including phenoxy) is 3. The van der Waals surface area contributed by atoms with Crippen LogP contribution in [0.5, 0.6) is 0 Å². The number of methoxy groups -OCH3 is 1. The Balaban J connectivity index is 1.53. The van der Waals surface area contributed by atoms with Crippen LogP contribution >= 0.6 is 0 Å². The second-order valence-corrected chi connectivity index (χ2v) is 11.8. The van der Waals surface area contributed by atoms with Crippen molar-refractivity contribution in [2.75, 3.05) is 38.7 Å². The summed E-state index contributed by atoms with van der Waals surface area (Å²) in [6.07, 6.45) is 5.98. The number of carbonyl (C=O) groups excluding carboxylic acids is 2. The lowest BCUT2D eigenvalue weighted by molar-refractivity contribution is -0.114. The van der Waals surface area contributed by atoms with Gasteiger partial charge >= 0.3 is 6.09 Å². The molecule has 1 N–H and O–H groups in total. The van der Waals surface area contributed by atoms with Gasteiger partial charge < -0.3 is 29.0 Å². The molecule has 3 aromatic heterocycles. The lowest BCUT2D eigenvalue weighted by atomic mass is 9.95. The molecule has 1 atom stereocenters. The molecule has 2 aliphatic heterocycles. The fraction of sp³-hybridized carbons (Fsp3) is 0.533. The average molecular weight is 550 g/mol. The van der Waals surface area contributed by atoms with Crippen LogP contribution in [-0.2, 0) is 24.6 Å². The summed E-state index contributed by atoms with van der Waals surface area (Å²) in [5, 5.41) is 3.76. The fourth-order valence-corrected chi connectivity index (χ4v) is 5.61. The number of likely N-dealkylation sites (tertiary alicyclic amines) is 1. The summed E-state index contributed by atoms with van der Waals surface area (Å²) in [6.45, 7) is 11.5. The number of aryl methyl sites for hydroxylation is 1. The third-order valence-electron chi connectivity index (χ3n) is 7.62. The number of carbonyl (C=O) groups is 2. The predicted molar refractivity (Wildman–Crippen MR) is 152 cm³/mol. The first kappa shape index (κ1) is 28.0. The maximum atomic E-state index is 12.6. The van der Waals surface area contributed by atoms with E-state index < -0.39 is 11.2 Å². The van der Waals surface area contributed by atoms with Crippen molar-refractivity contribution < 1.29 is 23.8 Å². The molecule has 10 heteroatoms. The van der Waals surface area contributed by atoms with Crippen LogP contribution in [0.4, 0.5) is 10.6 Å². The van der Waals surface area contributed by atoms with Crippen molar-refractivity contribution in [2.45, 2.75) is 71.1 Å². The number of pyridine rings is 2. The Kier molecular flexibility index (Phi) is 7.58. The summed E-state index contributed by atoms with van der Waals surface area (Å²) < 4.78 is 19.5. The van der Waals surface area contributed by atoms with Gasteiger partial charge in [0.2, 0.25) is 5.91 Å². The molecular weight excluding hydrogens is 510 g/mol. The van der Waals surface area contributed by atoms with Gasteiger partial charge in [-0.25, -0.2) is 14.8 Å². The van der Waals surface area contributed by atoms with E-state index in [0.29, 0.717) is 32.1 Å². The molecule has 5 rings (SSSR count). The third-order valence-corrected chi connectivity index (χ3v) is 7.62. The van der Waals surface area contributed by atoms with Crippen LogP contribution in [0.2, 0.25) is 0 Å². The first-order valence-electron chi connectivity index (χ1n) is 13.9. The molecule has 5 heterocycles. The zero-order valence-electron chi connectivity index (χ0n) is 24.2. The topological polar surface area (TPSA) is 108 Å². The van der Waals surface area contributed by atoms with Crippen LogP contribution in [0.25, 0.3) is 22.2 Å². The van der Waals surface area contributed by atoms with Crippen molar-refractivity contribution in [1.29, 1.82) is 0 Å². The Labute approximate surface area is 235 Å². The summed E-state index contributed by atoms with van der Waals surface area (Å²) in [7, 11) is 1.71. The SMILES string of the molecule is CO[C@@]1(c2cc(C)cc(-c3cn(C4CCN(C(=O)OC(C)(C)C)CC4)c4cnc(NC(C)=O)cc34)n2)CCOC1. The smallest absolute Gasteiger partial charge is 0.410 e. The molecule has 0 bridgehead atoms. The molecule has 0 aromatic carbocycles. The second kappa shape index (κ2) is 10.8. The molecule has 0 spiro atoms. The molecule has 0 aliphatic carbocycles. The highest BCUT2D eigenvalue weighted by Gasteiger charge is 2.39. The molecule has 10 nitrogen and oxygen atoms in total. The van der Waals surface area contributed by atoms with E-state index in [0.717, 1.165) is 52.7 Å². The molecule has 2 saturated heterocycles. The molecule has 2 amide bonds. The maximum Gasteiger partial charge on any atom is 0.410 e. The van der Waals surface area contributed by atoms with Gasteiger partial charge in [-0.3, -0.25) is 4.79 Å². The molecule has 2 aliphatic rings. The van der Waals surface area contributed by atoms with E-state index in [4.69, 9.17) is 19.2 Å². The maximum absolute atomic E-state index is 12.6. The van der Waals surface area contributed by atoms with Crippen molar-refractivity contribution in [3.63, 3.8) is 0 Å². The number of fused-ring (bicyclic) bond motifs is 1. The number of anilines is 1. The van der Waals surface area contributed by atoms with Crippen molar-refractivity contribution in [1.82, 2.24) is 19.4 Å². The van der Waals surface area contributed by atoms with Crippen LogP contribution in [0.15, 0.2) is 30.6 Å². The number of hydrogen-bond acceptors (Lipinski definition) is 7. The Bertz CT molecular complexity index is 1410. The van der Waals surface area contributed by atoms with Crippen molar-refractivity contribution in [2.24, 2.45) is 0 Å². The van der Waals surface area contributed by atoms with Gasteiger partial charge in [0, 0.05) is 63.3 Å². The van der Waals surface area contributed by atoms with Crippen molar-refractivity contribution in [3.05, 3.63) is 41.9 Å². The average Bonchev–Trinajstić information content (AvgIpc) is 3.53. The van der Waals surface area contributed by atoms with Crippen molar-refractivity contribution in [3.8, 4) is 11.3 Å². The Morgan fingerprint density at radius 2 is 1.93 bits per heavy atom. The van der Waals surface area contributed by atoms with Gasteiger partial charge in [-0.05, 0) is 64.3 Å². The number of aromatic nitrogens is 3. The minimum Gasteiger partial charge on any atom is -0.444 e. The van der Waals surface area contributed by atoms with Gasteiger partial charge in [-0.15, -0.1) is 0 Å². The zero-order chi connectivity index (χ0) is 28.7. The lowest BCUT2D eigenvalue weighted by Crippen LogP contribution is -2.42. The molecule has 3 aromatic rings. The number of hydrogen-bond donors (Lipinski definition) is 1. The highest BCUT2D eigenvalue weighted by Crippen LogP contribution is 2.39. The second-order valence-electron chi connectivity index (χ2n) is 11.8. The van der Waals surface area contributed by atoms with Gasteiger partial charge in [-0.2, -0.15) is 0 Å². The molecule has 214 valence electrons. The third kappa shape index (κ3) is 5.69. The molecule has 40 heavy (non-hydrogen) atoms. The number of nitrogens with one attached hydrogen (secondary N) is 1. The standard InChI is InChI=1S/C30H39N5O5/c1-19-13-24(33-26(14-19)30(38-6)9-12-39-18-30)23-17-35(25-16-31-27(15-22(23)25)32-20(2)36)21-7-10-34(11-8-21)28(37)40-29(3,4)5/h13-17,21H,7-12,18H2,1-6H3,(H,31,32,36)/t30-/m0/s1. The van der Waals surface area contributed by atoms with Gasteiger partial charge in [0.1, 0.15) is 17.0 Å². The van der Waals surface area contributed by atoms with E-state index >= 15 is 0 Å². The Morgan fingerprint density at radius 3 is 2.55 bits per heavy atom. The van der Waals surface area contributed by atoms with Crippen LogP contribution in [0, 0.1) is 6.92 Å². The number of rotatable bonds is 5. The molecular formula is C30H39N5O5. The normalized spacial score (nSPS) is 20.2. The predicted octanol–water partition coefficient (Wildman–Crippen LogP) is 5.20. The lowest BCUT2D eigenvalue weighted by Gasteiger charge is -2.34. The Hall–Kier alpha value is -3.50. The highest BCUT2D eigenvalue weighted by molar-refractivity contribution is 5.98. The van der Waals surface area contributed by atoms with Crippen LogP contribution in [-0.4, -0.2) is 70.4 Å². The summed E-state index contributed by atoms with van der Waals surface area (Å²) >= 11 is 0. The van der Waals surface area contributed by atoms with Gasteiger partial charge in [-0.1, -0.05) is 0 Å². The number of nitrogens with zero attached hydrogens (tertiary/aromatic N) is 4. The van der Waals surface area contributed by atoms with Gasteiger partial charge in [0.05, 0.1) is 29.7 Å². The van der Waals surface area contributed by atoms with E-state index in [1.807, 2.05) is 33.0 Å². The van der Waals surface area contributed by atoms with Gasteiger partial charge in [0.15, 0.2) is 0 Å². The molecule has 2 fully saturated rings. The molecule has 0 unspecified atom stereocenters. The zero-order valence-corrected chi connectivity index (χ0v) is 24.2. The fourth-order valence-electron chi connectivity index (χ4n) is 5.61. The largest absolute Gasteiger partial charge is 0.444 e. The molecule has 0 saturated carbocycles. The van der Waals surface area contributed by atoms with Crippen LogP contribution < -0.4 is 5.32 Å². The van der Waals surface area contributed by atoms with Gasteiger partial charge in [0.25, 0.3) is 0 Å². The van der Waals surface area contributed by atoms with E-state index in [-0.39, 0.29) is 18.0 Å². The summed E-state index contributed by atoms with van der Waals surface area (Å²) in [6, 6.07) is 6.22. The van der Waals surface area contributed by atoms with Crippen molar-refractivity contribution >= 4 is 28.7 Å². The highest BCUT2D eigenvalue weighted by atomic mass is 16.6.